The molecular weight excluding hydrogens is 443 g/mol. The van der Waals surface area contributed by atoms with Gasteiger partial charge in [0.1, 0.15) is 0 Å². The van der Waals surface area contributed by atoms with Gasteiger partial charge in [-0.25, -0.2) is 0 Å². The molecule has 0 atom stereocenters. The molecule has 0 bridgehead atoms. The second-order valence-corrected chi connectivity index (χ2v) is 11.6. The maximum atomic E-state index is 12.4. The fraction of sp³-hybridized carbons (Fsp3) is 0.647. The van der Waals surface area contributed by atoms with Crippen molar-refractivity contribution in [1.82, 2.24) is 0 Å². The van der Waals surface area contributed by atoms with E-state index in [0.29, 0.717) is 0 Å². The zero-order valence-corrected chi connectivity index (χ0v) is 22.7. The highest BCUT2D eigenvalue weighted by Gasteiger charge is 2.31. The van der Waals surface area contributed by atoms with Gasteiger partial charge in [-0.2, -0.15) is 0 Å². The molecule has 2 aliphatic carbocycles. The van der Waals surface area contributed by atoms with Crippen molar-refractivity contribution in [3.63, 3.8) is 0 Å². The third-order valence-corrected chi connectivity index (χ3v) is 9.24. The number of halogens is 1. The summed E-state index contributed by atoms with van der Waals surface area (Å²) in [6, 6.07) is 18.7. The van der Waals surface area contributed by atoms with Gasteiger partial charge in [-0.15, -0.1) is 0 Å². The van der Waals surface area contributed by atoms with Gasteiger partial charge in [-0.1, -0.05) is 74.2 Å². The molecule has 0 aliphatic heterocycles. The third kappa shape index (κ3) is 8.44. The molecule has 0 saturated heterocycles. The van der Waals surface area contributed by atoms with Gasteiger partial charge < -0.3 is 4.74 Å². The molecule has 2 saturated carbocycles. The lowest BCUT2D eigenvalue weighted by Gasteiger charge is -2.38. The lowest BCUT2D eigenvalue weighted by molar-refractivity contribution is 0.151. The van der Waals surface area contributed by atoms with Gasteiger partial charge in [0.2, 0.25) is 0 Å². The lowest BCUT2D eigenvalue weighted by Crippen LogP contribution is -2.25. The third-order valence-electron chi connectivity index (χ3n) is 9.24. The summed E-state index contributed by atoms with van der Waals surface area (Å²) in [6.45, 7) is 3.53. The van der Waals surface area contributed by atoms with E-state index in [1.54, 1.807) is 5.56 Å². The summed E-state index contributed by atoms with van der Waals surface area (Å²) < 4.78 is 17.8. The highest BCUT2D eigenvalue weighted by molar-refractivity contribution is 5.28. The number of unbranched alkanes of at least 4 members (excludes halogenated alkanes) is 1. The molecule has 2 aromatic rings. The average molecular weight is 493 g/mol. The predicted molar refractivity (Wildman–Crippen MR) is 150 cm³/mol. The monoisotopic (exact) mass is 492 g/mol. The molecule has 198 valence electrons. The van der Waals surface area contributed by atoms with Crippen molar-refractivity contribution in [1.29, 1.82) is 0 Å². The van der Waals surface area contributed by atoms with E-state index in [1.807, 2.05) is 6.92 Å². The SMILES string of the molecule is CCOCCc1ccc(CCc2ccc(C3CCC(C4CCC(CCCCF)CC4)CC3)cc2)cc1. The number of hydrogen-bond donors (Lipinski definition) is 0. The van der Waals surface area contributed by atoms with E-state index in [1.165, 1.54) is 74.5 Å². The first kappa shape index (κ1) is 27.4. The van der Waals surface area contributed by atoms with Crippen molar-refractivity contribution in [3.8, 4) is 0 Å². The van der Waals surface area contributed by atoms with Crippen molar-refractivity contribution < 1.29 is 9.13 Å². The molecule has 1 nitrogen and oxygen atoms in total. The Morgan fingerprint density at radius 2 is 1.19 bits per heavy atom. The van der Waals surface area contributed by atoms with Gasteiger partial charge >= 0.3 is 0 Å². The van der Waals surface area contributed by atoms with Crippen LogP contribution in [0.25, 0.3) is 0 Å². The van der Waals surface area contributed by atoms with Crippen LogP contribution in [-0.4, -0.2) is 19.9 Å². The topological polar surface area (TPSA) is 9.23 Å². The molecule has 4 rings (SSSR count). The molecule has 0 heterocycles. The number of benzene rings is 2. The van der Waals surface area contributed by atoms with Crippen LogP contribution in [0.1, 0.15) is 106 Å². The standard InChI is InChI=1S/C34H49FO/c1-2-36-26-24-30-10-8-28(9-11-30)6-7-29-14-18-32(19-15-29)34-22-20-33(21-23-34)31-16-12-27(13-17-31)5-3-4-25-35/h8-11,14-15,18-19,27,31,33-34H,2-7,12-13,16-17,20-26H2,1H3. The minimum atomic E-state index is -0.133. The summed E-state index contributed by atoms with van der Waals surface area (Å²) in [7, 11) is 0. The maximum absolute atomic E-state index is 12.4. The molecule has 0 unspecified atom stereocenters. The highest BCUT2D eigenvalue weighted by Crippen LogP contribution is 2.44. The van der Waals surface area contributed by atoms with Crippen LogP contribution < -0.4 is 0 Å². The van der Waals surface area contributed by atoms with Crippen molar-refractivity contribution in [2.45, 2.75) is 103 Å². The number of alkyl halides is 1. The van der Waals surface area contributed by atoms with E-state index in [4.69, 9.17) is 4.74 Å². The summed E-state index contributed by atoms with van der Waals surface area (Å²) in [5, 5.41) is 0. The second-order valence-electron chi connectivity index (χ2n) is 11.6. The summed E-state index contributed by atoms with van der Waals surface area (Å²) in [5.74, 6) is 3.56. The van der Waals surface area contributed by atoms with E-state index in [9.17, 15) is 4.39 Å². The van der Waals surface area contributed by atoms with Crippen LogP contribution in [-0.2, 0) is 24.0 Å². The van der Waals surface area contributed by atoms with Crippen LogP contribution >= 0.6 is 0 Å². The maximum Gasteiger partial charge on any atom is 0.0894 e. The van der Waals surface area contributed by atoms with E-state index in [2.05, 4.69) is 48.5 Å². The summed E-state index contributed by atoms with van der Waals surface area (Å²) in [5.41, 5.74) is 5.80. The van der Waals surface area contributed by atoms with E-state index < -0.39 is 0 Å². The molecule has 36 heavy (non-hydrogen) atoms. The zero-order chi connectivity index (χ0) is 25.0. The molecule has 0 radical (unpaired) electrons. The first-order chi connectivity index (χ1) is 17.7. The van der Waals surface area contributed by atoms with Crippen molar-refractivity contribution >= 4 is 0 Å². The Balaban J connectivity index is 1.16. The van der Waals surface area contributed by atoms with Crippen molar-refractivity contribution in [3.05, 3.63) is 70.8 Å². The molecule has 0 aromatic heterocycles. The highest BCUT2D eigenvalue weighted by atomic mass is 19.1. The van der Waals surface area contributed by atoms with Gasteiger partial charge in [0.15, 0.2) is 0 Å². The van der Waals surface area contributed by atoms with Gasteiger partial charge in [0.05, 0.1) is 13.3 Å². The molecular formula is C34H49FO. The molecule has 0 N–H and O–H groups in total. The van der Waals surface area contributed by atoms with E-state index >= 15 is 0 Å². The number of aryl methyl sites for hydroxylation is 2. The minimum absolute atomic E-state index is 0.133. The Bertz CT molecular complexity index is 842. The smallest absolute Gasteiger partial charge is 0.0894 e. The van der Waals surface area contributed by atoms with Crippen LogP contribution in [0.2, 0.25) is 0 Å². The fourth-order valence-corrected chi connectivity index (χ4v) is 6.85. The lowest BCUT2D eigenvalue weighted by atomic mass is 9.68. The van der Waals surface area contributed by atoms with Gasteiger partial charge in [0.25, 0.3) is 0 Å². The van der Waals surface area contributed by atoms with Gasteiger partial charge in [-0.05, 0) is 117 Å². The molecule has 0 spiro atoms. The first-order valence-corrected chi connectivity index (χ1v) is 15.1. The first-order valence-electron chi connectivity index (χ1n) is 15.1. The molecule has 2 fully saturated rings. The van der Waals surface area contributed by atoms with Gasteiger partial charge in [0, 0.05) is 6.61 Å². The quantitative estimate of drug-likeness (QED) is 0.253. The Morgan fingerprint density at radius 3 is 1.75 bits per heavy atom. The number of ether oxygens (including phenoxy) is 1. The van der Waals surface area contributed by atoms with Crippen LogP contribution in [0.3, 0.4) is 0 Å². The Kier molecular flexibility index (Phi) is 11.3. The van der Waals surface area contributed by atoms with E-state index in [0.717, 1.165) is 69.0 Å². The minimum Gasteiger partial charge on any atom is -0.381 e. The Hall–Kier alpha value is -1.67. The summed E-state index contributed by atoms with van der Waals surface area (Å²) >= 11 is 0. The van der Waals surface area contributed by atoms with Crippen LogP contribution in [0.15, 0.2) is 48.5 Å². The Morgan fingerprint density at radius 1 is 0.667 bits per heavy atom. The molecule has 0 amide bonds. The summed E-state index contributed by atoms with van der Waals surface area (Å²) in [6.07, 6.45) is 17.6. The molecule has 2 aliphatic rings. The normalized spacial score (nSPS) is 24.6. The zero-order valence-electron chi connectivity index (χ0n) is 22.7. The second kappa shape index (κ2) is 14.9. The van der Waals surface area contributed by atoms with Crippen LogP contribution in [0.4, 0.5) is 4.39 Å². The summed E-state index contributed by atoms with van der Waals surface area (Å²) in [4.78, 5) is 0. The predicted octanol–water partition coefficient (Wildman–Crippen LogP) is 9.27. The Labute approximate surface area is 220 Å². The van der Waals surface area contributed by atoms with Gasteiger partial charge in [-0.3, -0.25) is 4.39 Å². The average Bonchev–Trinajstić information content (AvgIpc) is 2.94. The molecule has 2 aromatic carbocycles. The number of hydrogen-bond acceptors (Lipinski definition) is 1. The molecule has 2 heteroatoms. The van der Waals surface area contributed by atoms with Crippen molar-refractivity contribution in [2.75, 3.05) is 19.9 Å². The fourth-order valence-electron chi connectivity index (χ4n) is 6.85. The van der Waals surface area contributed by atoms with Crippen molar-refractivity contribution in [2.24, 2.45) is 17.8 Å². The largest absolute Gasteiger partial charge is 0.381 e. The van der Waals surface area contributed by atoms with E-state index in [-0.39, 0.29) is 6.67 Å². The number of rotatable bonds is 13. The van der Waals surface area contributed by atoms with Crippen LogP contribution in [0.5, 0.6) is 0 Å². The van der Waals surface area contributed by atoms with Crippen LogP contribution in [0, 0.1) is 17.8 Å².